The maximum absolute atomic E-state index is 12.0. The van der Waals surface area contributed by atoms with Crippen molar-refractivity contribution >= 4 is 103 Å². The van der Waals surface area contributed by atoms with Crippen LogP contribution in [0.2, 0.25) is 0 Å². The van der Waals surface area contributed by atoms with Crippen LogP contribution in [0.5, 0.6) is 23.0 Å². The third-order valence-electron chi connectivity index (χ3n) is 13.4. The zero-order valence-electron chi connectivity index (χ0n) is 49.8. The van der Waals surface area contributed by atoms with Gasteiger partial charge in [-0.1, -0.05) is 101 Å². The minimum atomic E-state index is -0.895. The van der Waals surface area contributed by atoms with Crippen LogP contribution in [-0.4, -0.2) is 86.6 Å². The Morgan fingerprint density at radius 3 is 1.17 bits per heavy atom. The quantitative estimate of drug-likeness (QED) is 0.0460. The van der Waals surface area contributed by atoms with E-state index in [4.69, 9.17) is 48.9 Å². The highest BCUT2D eigenvalue weighted by atomic mass is 127. The molecule has 0 aromatic heterocycles. The number of nitro benzene ring substituents is 1. The topological polar surface area (TPSA) is 256 Å². The molecule has 0 aliphatic carbocycles. The average Bonchev–Trinajstić information content (AvgIpc) is 3.27. The molecule has 20 heteroatoms. The van der Waals surface area contributed by atoms with Gasteiger partial charge in [-0.05, 0) is 187 Å². The molecule has 4 N–H and O–H groups in total. The summed E-state index contributed by atoms with van der Waals surface area (Å²) in [5.74, 6) is -1.39. The summed E-state index contributed by atoms with van der Waals surface area (Å²) < 4.78 is 30.7. The first kappa shape index (κ1) is 70.3. The van der Waals surface area contributed by atoms with Crippen LogP contribution in [0.15, 0.2) is 60.7 Å². The van der Waals surface area contributed by atoms with Crippen molar-refractivity contribution in [2.75, 3.05) is 9.04 Å². The Balaban J connectivity index is 0.000000274. The summed E-state index contributed by atoms with van der Waals surface area (Å²) in [5.41, 5.74) is 2.89. The highest BCUT2D eigenvalue weighted by molar-refractivity contribution is 14.2. The molecule has 0 atom stereocenters. The normalized spacial score (nSPS) is 18.3. The van der Waals surface area contributed by atoms with Crippen LogP contribution < -0.4 is 18.9 Å². The Morgan fingerprint density at radius 2 is 0.827 bits per heavy atom. The van der Waals surface area contributed by atoms with Crippen molar-refractivity contribution in [3.05, 3.63) is 119 Å². The number of alkyl halides is 2. The molecule has 81 heavy (non-hydrogen) atoms. The molecule has 0 unspecified atom stereocenters. The SMILES string of the molecule is CC(=O)O.CC1(C)CC(C)(C)c2cc(C(=O)O)cc(I)c2O1.CC1(C)CC(C)(C)c2cc(C(=O)O)ccc2O1.CC1(C)CC(C)(C)c2cc(C(=O)O)ccc2O1.CCOC(=O)c1cc([N+](=O)[O-])c2c(c1)C(C)(C)CC(C)(C)O2.ICI. The number of aliphatic carboxylic acids is 1. The fourth-order valence-electron chi connectivity index (χ4n) is 11.5. The number of carboxylic acid groups (broad SMARTS) is 4. The standard InChI is InChI=1S/C16H21NO5.C14H17IO3.2C14H18O3.C2H4O2.CH2I2/c1-6-21-14(18)10-7-11-13(12(8-10)17(19)20)22-16(4,5)9-15(11,2)3;1-13(2)7-14(3,4)18-11-9(13)5-8(12(16)17)6-10(11)15;2*1-13(2)8-14(3,4)17-11-6-5-9(12(15)16)7-10(11)13;1-2(3)4;2-1-3/h7-8H,6,9H2,1-5H3;5-6H,7H2,1-4H3,(H,16,17);2*5-7H,8H2,1-4H3,(H,15,16);1H3,(H,3,4);1H2. The van der Waals surface area contributed by atoms with Crippen LogP contribution in [0.1, 0.15) is 214 Å². The zero-order chi connectivity index (χ0) is 62.4. The van der Waals surface area contributed by atoms with E-state index in [1.54, 1.807) is 61.5 Å². The summed E-state index contributed by atoms with van der Waals surface area (Å²) in [6.07, 6.45) is 3.30. The number of halogens is 3. The van der Waals surface area contributed by atoms with Gasteiger partial charge in [0, 0.05) is 35.2 Å². The number of ether oxygens (including phenoxy) is 5. The predicted octanol–water partition coefficient (Wildman–Crippen LogP) is 15.8. The Bertz CT molecular complexity index is 2920. The van der Waals surface area contributed by atoms with Gasteiger partial charge in [-0.25, -0.2) is 19.2 Å². The molecule has 4 aliphatic rings. The second kappa shape index (κ2) is 26.7. The van der Waals surface area contributed by atoms with Crippen LogP contribution in [-0.2, 0) is 31.2 Å². The number of carbonyl (C=O) groups excluding carboxylic acids is 1. The third-order valence-corrected chi connectivity index (χ3v) is 14.2. The van der Waals surface area contributed by atoms with E-state index in [1.807, 2.05) is 27.7 Å². The van der Waals surface area contributed by atoms with Crippen molar-refractivity contribution in [2.24, 2.45) is 0 Å². The number of hydrogen-bond donors (Lipinski definition) is 4. The predicted molar refractivity (Wildman–Crippen MR) is 338 cm³/mol. The summed E-state index contributed by atoms with van der Waals surface area (Å²) in [6, 6.07) is 16.5. The Hall–Kier alpha value is -4.98. The first-order valence-corrected chi connectivity index (χ1v) is 30.3. The number of aromatic carboxylic acids is 3. The molecule has 0 bridgehead atoms. The molecule has 0 fully saturated rings. The molecular formula is C61H80I3NO16. The van der Waals surface area contributed by atoms with Gasteiger partial charge in [0.1, 0.15) is 39.7 Å². The van der Waals surface area contributed by atoms with Crippen molar-refractivity contribution in [1.29, 1.82) is 0 Å². The Kier molecular flexibility index (Phi) is 23.2. The van der Waals surface area contributed by atoms with Gasteiger partial charge < -0.3 is 44.1 Å². The maximum atomic E-state index is 12.0. The number of nitrogens with zero attached hydrogens (tertiary/aromatic N) is 1. The van der Waals surface area contributed by atoms with Crippen molar-refractivity contribution < 1.29 is 73.0 Å². The molecule has 8 rings (SSSR count). The first-order chi connectivity index (χ1) is 36.8. The Labute approximate surface area is 517 Å². The van der Waals surface area contributed by atoms with Crippen LogP contribution in [0.25, 0.3) is 0 Å². The molecule has 0 radical (unpaired) electrons. The van der Waals surface area contributed by atoms with E-state index in [0.29, 0.717) is 28.7 Å². The zero-order valence-corrected chi connectivity index (χ0v) is 56.3. The van der Waals surface area contributed by atoms with Crippen molar-refractivity contribution in [1.82, 2.24) is 0 Å². The minimum Gasteiger partial charge on any atom is -0.488 e. The molecule has 0 amide bonds. The molecule has 4 aliphatic heterocycles. The third kappa shape index (κ3) is 19.3. The number of hydrogen-bond acceptors (Lipinski definition) is 12. The van der Waals surface area contributed by atoms with E-state index < -0.39 is 40.4 Å². The monoisotopic (exact) mass is 1460 g/mol. The lowest BCUT2D eigenvalue weighted by molar-refractivity contribution is -0.386. The number of nitro groups is 1. The number of carboxylic acids is 4. The van der Waals surface area contributed by atoms with Crippen molar-refractivity contribution in [2.45, 2.75) is 194 Å². The van der Waals surface area contributed by atoms with Crippen molar-refractivity contribution in [3.63, 3.8) is 0 Å². The van der Waals surface area contributed by atoms with Gasteiger partial charge in [0.2, 0.25) is 5.75 Å². The minimum absolute atomic E-state index is 0.0669. The molecule has 0 spiro atoms. The van der Waals surface area contributed by atoms with Gasteiger partial charge >= 0.3 is 29.6 Å². The second-order valence-electron chi connectivity index (χ2n) is 25.3. The molecule has 0 saturated carbocycles. The van der Waals surface area contributed by atoms with Gasteiger partial charge in [-0.2, -0.15) is 0 Å². The van der Waals surface area contributed by atoms with E-state index in [9.17, 15) is 29.3 Å². The van der Waals surface area contributed by atoms with E-state index in [-0.39, 0.29) is 62.1 Å². The average molecular weight is 1460 g/mol. The highest BCUT2D eigenvalue weighted by Crippen LogP contribution is 2.51. The fourth-order valence-corrected chi connectivity index (χ4v) is 12.2. The van der Waals surface area contributed by atoms with Crippen LogP contribution in [0.3, 0.4) is 0 Å². The number of benzene rings is 4. The molecular weight excluding hydrogens is 1380 g/mol. The van der Waals surface area contributed by atoms with Crippen molar-refractivity contribution in [3.8, 4) is 23.0 Å². The van der Waals surface area contributed by atoms with Crippen LogP contribution in [0.4, 0.5) is 5.69 Å². The second-order valence-corrected chi connectivity index (χ2v) is 30.9. The maximum Gasteiger partial charge on any atom is 0.338 e. The molecule has 0 saturated heterocycles. The lowest BCUT2D eigenvalue weighted by Gasteiger charge is -2.43. The lowest BCUT2D eigenvalue weighted by atomic mass is 9.73. The molecule has 4 heterocycles. The van der Waals surface area contributed by atoms with Gasteiger partial charge in [0.25, 0.3) is 5.97 Å². The largest absolute Gasteiger partial charge is 0.488 e. The summed E-state index contributed by atoms with van der Waals surface area (Å²) in [5, 5.41) is 46.0. The number of carbonyl (C=O) groups is 5. The number of esters is 1. The highest BCUT2D eigenvalue weighted by Gasteiger charge is 2.45. The summed E-state index contributed by atoms with van der Waals surface area (Å²) >= 11 is 6.70. The summed E-state index contributed by atoms with van der Waals surface area (Å²) in [7, 11) is 0. The summed E-state index contributed by atoms with van der Waals surface area (Å²) in [6.45, 7) is 35.9. The molecule has 446 valence electrons. The van der Waals surface area contributed by atoms with Gasteiger partial charge in [-0.3, -0.25) is 14.9 Å². The lowest BCUT2D eigenvalue weighted by Crippen LogP contribution is -2.41. The molecule has 4 aromatic rings. The van der Waals surface area contributed by atoms with Gasteiger partial charge in [-0.15, -0.1) is 0 Å². The van der Waals surface area contributed by atoms with E-state index in [2.05, 4.69) is 151 Å². The summed E-state index contributed by atoms with van der Waals surface area (Å²) in [4.78, 5) is 64.9. The van der Waals surface area contributed by atoms with Gasteiger partial charge in [0.05, 0.1) is 39.8 Å². The van der Waals surface area contributed by atoms with E-state index in [0.717, 1.165) is 63.7 Å². The number of fused-ring (bicyclic) bond motifs is 4. The first-order valence-electron chi connectivity index (χ1n) is 26.2. The van der Waals surface area contributed by atoms with E-state index >= 15 is 0 Å². The van der Waals surface area contributed by atoms with E-state index in [1.165, 1.54) is 8.50 Å². The molecule has 17 nitrogen and oxygen atoms in total. The van der Waals surface area contributed by atoms with Crippen LogP contribution >= 0.6 is 67.8 Å². The van der Waals surface area contributed by atoms with Crippen LogP contribution in [0, 0.1) is 13.7 Å². The fraction of sp³-hybridized carbons (Fsp3) is 0.525. The molecule has 4 aromatic carbocycles. The smallest absolute Gasteiger partial charge is 0.338 e. The Morgan fingerprint density at radius 1 is 0.519 bits per heavy atom. The van der Waals surface area contributed by atoms with Gasteiger partial charge in [0.15, 0.2) is 0 Å². The number of rotatable bonds is 6.